The van der Waals surface area contributed by atoms with Crippen molar-refractivity contribution in [2.75, 3.05) is 7.11 Å². The summed E-state index contributed by atoms with van der Waals surface area (Å²) in [6.07, 6.45) is 0. The van der Waals surface area contributed by atoms with Crippen LogP contribution in [0.4, 0.5) is 0 Å². The molecular formula is C16H15BrN2O3S. The molecule has 2 heterocycles. The molecule has 23 heavy (non-hydrogen) atoms. The lowest BCUT2D eigenvalue weighted by Gasteiger charge is -2.32. The average Bonchev–Trinajstić information content (AvgIpc) is 2.80. The number of esters is 1. The normalized spacial score (nSPS) is 23.7. The van der Waals surface area contributed by atoms with Crippen LogP contribution in [0.3, 0.4) is 0 Å². The maximum Gasteiger partial charge on any atom is 0.338 e. The lowest BCUT2D eigenvalue weighted by atomic mass is 9.94. The fourth-order valence-electron chi connectivity index (χ4n) is 2.73. The predicted octanol–water partition coefficient (Wildman–Crippen LogP) is 3.27. The monoisotopic (exact) mass is 394 g/mol. The Balaban J connectivity index is 2.17. The van der Waals surface area contributed by atoms with Gasteiger partial charge >= 0.3 is 5.97 Å². The number of amidine groups is 1. The van der Waals surface area contributed by atoms with Crippen LogP contribution in [-0.2, 0) is 14.3 Å². The molecule has 5 nitrogen and oxygen atoms in total. The zero-order valence-electron chi connectivity index (χ0n) is 12.9. The predicted molar refractivity (Wildman–Crippen MR) is 92.9 cm³/mol. The number of carbonyl (C=O) groups excluding carboxylic acids is 2. The molecule has 2 aliphatic heterocycles. The van der Waals surface area contributed by atoms with E-state index < -0.39 is 12.0 Å². The maximum atomic E-state index is 12.6. The molecule has 2 aliphatic rings. The molecule has 0 bridgehead atoms. The molecular weight excluding hydrogens is 380 g/mol. The highest BCUT2D eigenvalue weighted by Gasteiger charge is 2.46. The maximum absolute atomic E-state index is 12.6. The van der Waals surface area contributed by atoms with Crippen molar-refractivity contribution >= 4 is 44.7 Å². The van der Waals surface area contributed by atoms with Crippen LogP contribution >= 0.6 is 27.7 Å². The van der Waals surface area contributed by atoms with E-state index in [0.717, 1.165) is 10.0 Å². The van der Waals surface area contributed by atoms with Crippen LogP contribution in [0.1, 0.15) is 25.5 Å². The molecule has 0 unspecified atom stereocenters. The largest absolute Gasteiger partial charge is 0.466 e. The molecule has 1 aromatic carbocycles. The summed E-state index contributed by atoms with van der Waals surface area (Å²) in [5.41, 5.74) is 1.84. The van der Waals surface area contributed by atoms with Crippen molar-refractivity contribution in [1.82, 2.24) is 4.90 Å². The Morgan fingerprint density at radius 3 is 2.61 bits per heavy atom. The second kappa shape index (κ2) is 6.13. The highest BCUT2D eigenvalue weighted by Crippen LogP contribution is 2.43. The summed E-state index contributed by atoms with van der Waals surface area (Å²) in [5, 5.41) is 0.428. The third-order valence-electron chi connectivity index (χ3n) is 3.85. The first-order chi connectivity index (χ1) is 10.9. The molecule has 1 fully saturated rings. The Bertz CT molecular complexity index is 742. The van der Waals surface area contributed by atoms with Crippen molar-refractivity contribution in [3.8, 4) is 0 Å². The smallest absolute Gasteiger partial charge is 0.338 e. The Morgan fingerprint density at radius 1 is 1.35 bits per heavy atom. The topological polar surface area (TPSA) is 59.0 Å². The van der Waals surface area contributed by atoms with E-state index in [9.17, 15) is 9.59 Å². The summed E-state index contributed by atoms with van der Waals surface area (Å²) >= 11 is 4.82. The summed E-state index contributed by atoms with van der Waals surface area (Å²) in [6.45, 7) is 3.62. The van der Waals surface area contributed by atoms with Crippen LogP contribution in [0.25, 0.3) is 0 Å². The number of hydrogen-bond acceptors (Lipinski definition) is 5. The van der Waals surface area contributed by atoms with Gasteiger partial charge in [0.05, 0.1) is 29.7 Å². The summed E-state index contributed by atoms with van der Waals surface area (Å²) < 4.78 is 5.86. The van der Waals surface area contributed by atoms with E-state index in [0.29, 0.717) is 16.4 Å². The Morgan fingerprint density at radius 2 is 2.00 bits per heavy atom. The summed E-state index contributed by atoms with van der Waals surface area (Å²) in [4.78, 5) is 30.9. The summed E-state index contributed by atoms with van der Waals surface area (Å²) in [6, 6.07) is 7.07. The molecule has 1 saturated heterocycles. The molecule has 7 heteroatoms. The number of carbonyl (C=O) groups is 2. The van der Waals surface area contributed by atoms with Gasteiger partial charge in [-0.05, 0) is 31.5 Å². The zero-order chi connectivity index (χ0) is 16.7. The number of amides is 1. The van der Waals surface area contributed by atoms with Gasteiger partial charge in [0.1, 0.15) is 0 Å². The molecule has 1 aromatic rings. The highest BCUT2D eigenvalue weighted by molar-refractivity contribution is 9.10. The molecule has 1 amide bonds. The highest BCUT2D eigenvalue weighted by atomic mass is 79.9. The van der Waals surface area contributed by atoms with Crippen molar-refractivity contribution in [1.29, 1.82) is 0 Å². The van der Waals surface area contributed by atoms with E-state index in [4.69, 9.17) is 4.74 Å². The number of allylic oxidation sites excluding steroid dienone is 1. The molecule has 2 atom stereocenters. The van der Waals surface area contributed by atoms with Gasteiger partial charge in [0.25, 0.3) is 0 Å². The number of ether oxygens (including phenoxy) is 1. The standard InChI is InChI=1S/C16H15BrN2O3S/c1-8-12(15(21)22-3)13(10-4-6-11(17)7-5-10)19-14(20)9(2)23-16(19)18-8/h4-7,9,13H,1-3H3/t9-,13-/m1/s1. The Hall–Kier alpha value is -1.60. The van der Waals surface area contributed by atoms with Crippen molar-refractivity contribution in [2.45, 2.75) is 25.1 Å². The Kier molecular flexibility index (Phi) is 4.33. The van der Waals surface area contributed by atoms with E-state index in [2.05, 4.69) is 20.9 Å². The third kappa shape index (κ3) is 2.72. The number of nitrogens with zero attached hydrogens (tertiary/aromatic N) is 2. The summed E-state index contributed by atoms with van der Waals surface area (Å²) in [7, 11) is 1.34. The number of thioether (sulfide) groups is 1. The minimum atomic E-state index is -0.506. The first-order valence-corrected chi connectivity index (χ1v) is 8.74. The number of hydrogen-bond donors (Lipinski definition) is 0. The van der Waals surface area contributed by atoms with Gasteiger partial charge in [-0.2, -0.15) is 0 Å². The van der Waals surface area contributed by atoms with Crippen LogP contribution in [0.2, 0.25) is 0 Å². The molecule has 0 N–H and O–H groups in total. The molecule has 0 aromatic heterocycles. The van der Waals surface area contributed by atoms with Crippen LogP contribution in [0.5, 0.6) is 0 Å². The Labute approximate surface area is 146 Å². The van der Waals surface area contributed by atoms with Crippen LogP contribution in [0, 0.1) is 0 Å². The van der Waals surface area contributed by atoms with Crippen LogP contribution < -0.4 is 0 Å². The fourth-order valence-corrected chi connectivity index (χ4v) is 4.03. The number of halogens is 1. The number of aliphatic imine (C=N–C) groups is 1. The number of rotatable bonds is 2. The zero-order valence-corrected chi connectivity index (χ0v) is 15.3. The summed E-state index contributed by atoms with van der Waals surface area (Å²) in [5.74, 6) is -0.508. The van der Waals surface area contributed by atoms with Gasteiger partial charge in [0.15, 0.2) is 5.17 Å². The number of fused-ring (bicyclic) bond motifs is 1. The molecule has 0 saturated carbocycles. The van der Waals surface area contributed by atoms with Gasteiger partial charge in [-0.1, -0.05) is 39.8 Å². The lowest BCUT2D eigenvalue weighted by molar-refractivity contribution is -0.137. The quantitative estimate of drug-likeness (QED) is 0.722. The van der Waals surface area contributed by atoms with Gasteiger partial charge < -0.3 is 4.74 Å². The molecule has 0 aliphatic carbocycles. The minimum Gasteiger partial charge on any atom is -0.466 e. The van der Waals surface area contributed by atoms with E-state index in [1.165, 1.54) is 18.9 Å². The van der Waals surface area contributed by atoms with Crippen LogP contribution in [-0.4, -0.2) is 34.3 Å². The molecule has 120 valence electrons. The van der Waals surface area contributed by atoms with E-state index in [1.807, 2.05) is 31.2 Å². The number of benzene rings is 1. The van der Waals surface area contributed by atoms with Crippen LogP contribution in [0.15, 0.2) is 45.0 Å². The molecule has 3 rings (SSSR count). The van der Waals surface area contributed by atoms with Gasteiger partial charge in [-0.25, -0.2) is 9.79 Å². The first-order valence-electron chi connectivity index (χ1n) is 7.07. The first kappa shape index (κ1) is 16.3. The second-order valence-electron chi connectivity index (χ2n) is 5.31. The van der Waals surface area contributed by atoms with Gasteiger partial charge in [0, 0.05) is 4.47 Å². The molecule has 0 radical (unpaired) electrons. The van der Waals surface area contributed by atoms with E-state index >= 15 is 0 Å². The van der Waals surface area contributed by atoms with E-state index in [1.54, 1.807) is 11.8 Å². The van der Waals surface area contributed by atoms with Gasteiger partial charge in [-0.15, -0.1) is 0 Å². The molecule has 0 spiro atoms. The second-order valence-corrected chi connectivity index (χ2v) is 7.53. The average molecular weight is 395 g/mol. The van der Waals surface area contributed by atoms with Gasteiger partial charge in [0.2, 0.25) is 5.91 Å². The van der Waals surface area contributed by atoms with Gasteiger partial charge in [-0.3, -0.25) is 9.69 Å². The number of methoxy groups -OCH3 is 1. The third-order valence-corrected chi connectivity index (χ3v) is 5.43. The van der Waals surface area contributed by atoms with Crippen molar-refractivity contribution < 1.29 is 14.3 Å². The van der Waals surface area contributed by atoms with Crippen molar-refractivity contribution in [3.05, 3.63) is 45.6 Å². The lowest BCUT2D eigenvalue weighted by Crippen LogP contribution is -2.40. The van der Waals surface area contributed by atoms with Crippen molar-refractivity contribution in [2.24, 2.45) is 4.99 Å². The minimum absolute atomic E-state index is 0.0458. The van der Waals surface area contributed by atoms with E-state index in [-0.39, 0.29) is 11.2 Å². The SMILES string of the molecule is COC(=O)C1=C(C)N=C2S[C@H](C)C(=O)N2[C@@H]1c1ccc(Br)cc1. The fraction of sp³-hybridized carbons (Fsp3) is 0.312. The van der Waals surface area contributed by atoms with Crippen molar-refractivity contribution in [3.63, 3.8) is 0 Å².